The first-order chi connectivity index (χ1) is 9.00. The average molecular weight is 324 g/mol. The van der Waals surface area contributed by atoms with Crippen LogP contribution in [0.1, 0.15) is 47.2 Å². The lowest BCUT2D eigenvalue weighted by Crippen LogP contribution is -2.44. The summed E-state index contributed by atoms with van der Waals surface area (Å²) in [7, 11) is 1.93. The average Bonchev–Trinajstić information content (AvgIpc) is 2.41. The topological polar surface area (TPSA) is 20.3 Å². The van der Waals surface area contributed by atoms with E-state index in [2.05, 4.69) is 29.8 Å². The second-order valence-electron chi connectivity index (χ2n) is 5.58. The third kappa shape index (κ3) is 3.19. The summed E-state index contributed by atoms with van der Waals surface area (Å²) in [6, 6.07) is 6.29. The van der Waals surface area contributed by atoms with E-state index in [1.165, 1.54) is 24.0 Å². The zero-order valence-corrected chi connectivity index (χ0v) is 13.5. The minimum atomic E-state index is 0.138. The van der Waals surface area contributed by atoms with Crippen molar-refractivity contribution in [3.05, 3.63) is 34.9 Å². The molecule has 0 heterocycles. The van der Waals surface area contributed by atoms with E-state index in [9.17, 15) is 4.79 Å². The highest BCUT2D eigenvalue weighted by atomic mass is 79.9. The van der Waals surface area contributed by atoms with Gasteiger partial charge in [-0.05, 0) is 49.9 Å². The second kappa shape index (κ2) is 6.08. The van der Waals surface area contributed by atoms with Crippen molar-refractivity contribution in [2.24, 2.45) is 0 Å². The highest BCUT2D eigenvalue weighted by Crippen LogP contribution is 2.28. The van der Waals surface area contributed by atoms with Gasteiger partial charge in [0, 0.05) is 23.5 Å². The molecule has 0 saturated heterocycles. The lowest BCUT2D eigenvalue weighted by Gasteiger charge is -2.35. The molecule has 2 rings (SSSR count). The first-order valence-corrected chi connectivity index (χ1v) is 7.90. The Labute approximate surface area is 124 Å². The fraction of sp³-hybridized carbons (Fsp3) is 0.562. The molecule has 1 fully saturated rings. The summed E-state index contributed by atoms with van der Waals surface area (Å²) in [4.78, 5) is 14.9. The van der Waals surface area contributed by atoms with Gasteiger partial charge in [0.1, 0.15) is 0 Å². The molecule has 19 heavy (non-hydrogen) atoms. The van der Waals surface area contributed by atoms with E-state index < -0.39 is 0 Å². The summed E-state index contributed by atoms with van der Waals surface area (Å²) in [6.07, 6.45) is 4.74. The summed E-state index contributed by atoms with van der Waals surface area (Å²) in [6.45, 7) is 4.13. The van der Waals surface area contributed by atoms with Crippen molar-refractivity contribution < 1.29 is 4.79 Å². The van der Waals surface area contributed by atoms with Crippen LogP contribution in [0.25, 0.3) is 0 Å². The Bertz CT molecular complexity index is 472. The summed E-state index contributed by atoms with van der Waals surface area (Å²) < 4.78 is 0. The molecule has 2 unspecified atom stereocenters. The van der Waals surface area contributed by atoms with Crippen LogP contribution in [-0.4, -0.2) is 28.7 Å². The van der Waals surface area contributed by atoms with Crippen molar-refractivity contribution >= 4 is 21.8 Å². The van der Waals surface area contributed by atoms with E-state index >= 15 is 0 Å². The number of hydrogen-bond acceptors (Lipinski definition) is 1. The molecule has 0 radical (unpaired) electrons. The monoisotopic (exact) mass is 323 g/mol. The van der Waals surface area contributed by atoms with Crippen LogP contribution in [-0.2, 0) is 0 Å². The molecule has 1 amide bonds. The molecular formula is C16H22BrNO. The first-order valence-electron chi connectivity index (χ1n) is 6.99. The standard InChI is InChI=1S/C16H22BrNO/c1-11-8-9-13(10-12(11)2)16(19)18(3)15-7-5-4-6-14(15)17/h8-10,14-15H,4-7H2,1-3H3. The number of carbonyl (C=O) groups is 1. The van der Waals surface area contributed by atoms with E-state index in [4.69, 9.17) is 0 Å². The van der Waals surface area contributed by atoms with Gasteiger partial charge in [0.15, 0.2) is 0 Å². The van der Waals surface area contributed by atoms with Gasteiger partial charge in [-0.2, -0.15) is 0 Å². The SMILES string of the molecule is Cc1ccc(C(=O)N(C)C2CCCCC2Br)cc1C. The summed E-state index contributed by atoms with van der Waals surface area (Å²) >= 11 is 3.73. The molecule has 0 aromatic heterocycles. The lowest BCUT2D eigenvalue weighted by atomic mass is 9.93. The van der Waals surface area contributed by atoms with Crippen LogP contribution in [0.5, 0.6) is 0 Å². The minimum Gasteiger partial charge on any atom is -0.338 e. The number of benzene rings is 1. The zero-order chi connectivity index (χ0) is 14.0. The number of amides is 1. The van der Waals surface area contributed by atoms with Crippen molar-refractivity contribution in [2.45, 2.75) is 50.4 Å². The lowest BCUT2D eigenvalue weighted by molar-refractivity contribution is 0.0704. The molecule has 3 heteroatoms. The van der Waals surface area contributed by atoms with Crippen molar-refractivity contribution in [3.8, 4) is 0 Å². The van der Waals surface area contributed by atoms with Gasteiger partial charge >= 0.3 is 0 Å². The number of alkyl halides is 1. The molecule has 0 aliphatic heterocycles. The van der Waals surface area contributed by atoms with E-state index in [1.807, 2.05) is 30.1 Å². The third-order valence-electron chi connectivity index (χ3n) is 4.22. The smallest absolute Gasteiger partial charge is 0.253 e. The van der Waals surface area contributed by atoms with Crippen LogP contribution >= 0.6 is 15.9 Å². The van der Waals surface area contributed by atoms with E-state index in [1.54, 1.807) is 0 Å². The normalized spacial score (nSPS) is 23.2. The number of hydrogen-bond donors (Lipinski definition) is 0. The second-order valence-corrected chi connectivity index (χ2v) is 6.76. The maximum Gasteiger partial charge on any atom is 0.253 e. The summed E-state index contributed by atoms with van der Waals surface area (Å²) in [5.41, 5.74) is 3.21. The van der Waals surface area contributed by atoms with Crippen molar-refractivity contribution in [2.75, 3.05) is 7.05 Å². The number of aryl methyl sites for hydroxylation is 2. The molecule has 1 aromatic carbocycles. The van der Waals surface area contributed by atoms with Crippen molar-refractivity contribution in [3.63, 3.8) is 0 Å². The fourth-order valence-electron chi connectivity index (χ4n) is 2.73. The molecule has 1 saturated carbocycles. The van der Waals surface area contributed by atoms with Crippen LogP contribution in [0.3, 0.4) is 0 Å². The number of halogens is 1. The van der Waals surface area contributed by atoms with Gasteiger partial charge < -0.3 is 4.90 Å². The molecule has 0 spiro atoms. The number of rotatable bonds is 2. The van der Waals surface area contributed by atoms with Gasteiger partial charge in [-0.15, -0.1) is 0 Å². The molecule has 0 bridgehead atoms. The Morgan fingerprint density at radius 1 is 1.21 bits per heavy atom. The van der Waals surface area contributed by atoms with Crippen LogP contribution < -0.4 is 0 Å². The molecule has 1 aromatic rings. The fourth-order valence-corrected chi connectivity index (χ4v) is 3.67. The Balaban J connectivity index is 2.15. The maximum atomic E-state index is 12.6. The van der Waals surface area contributed by atoms with Crippen molar-refractivity contribution in [1.82, 2.24) is 4.90 Å². The van der Waals surface area contributed by atoms with Crippen LogP contribution in [0, 0.1) is 13.8 Å². The van der Waals surface area contributed by atoms with Crippen LogP contribution in [0.4, 0.5) is 0 Å². The van der Waals surface area contributed by atoms with Crippen LogP contribution in [0.2, 0.25) is 0 Å². The highest BCUT2D eigenvalue weighted by Gasteiger charge is 2.29. The van der Waals surface area contributed by atoms with E-state index in [-0.39, 0.29) is 5.91 Å². The number of nitrogens with zero attached hydrogens (tertiary/aromatic N) is 1. The Morgan fingerprint density at radius 2 is 1.89 bits per heavy atom. The minimum absolute atomic E-state index is 0.138. The van der Waals surface area contributed by atoms with E-state index in [0.29, 0.717) is 10.9 Å². The highest BCUT2D eigenvalue weighted by molar-refractivity contribution is 9.09. The first kappa shape index (κ1) is 14.6. The quantitative estimate of drug-likeness (QED) is 0.751. The largest absolute Gasteiger partial charge is 0.338 e. The Kier molecular flexibility index (Phi) is 4.67. The van der Waals surface area contributed by atoms with Gasteiger partial charge in [-0.25, -0.2) is 0 Å². The molecule has 2 nitrogen and oxygen atoms in total. The Hall–Kier alpha value is -0.830. The zero-order valence-electron chi connectivity index (χ0n) is 11.9. The molecule has 0 N–H and O–H groups in total. The molecular weight excluding hydrogens is 302 g/mol. The van der Waals surface area contributed by atoms with Gasteiger partial charge in [0.2, 0.25) is 0 Å². The Morgan fingerprint density at radius 3 is 2.53 bits per heavy atom. The maximum absolute atomic E-state index is 12.6. The van der Waals surface area contributed by atoms with Gasteiger partial charge in [0.25, 0.3) is 5.91 Å². The molecule has 1 aliphatic rings. The molecule has 104 valence electrons. The number of carbonyl (C=O) groups excluding carboxylic acids is 1. The van der Waals surface area contributed by atoms with Gasteiger partial charge in [0.05, 0.1) is 0 Å². The van der Waals surface area contributed by atoms with Crippen molar-refractivity contribution in [1.29, 1.82) is 0 Å². The molecule has 2 atom stereocenters. The van der Waals surface area contributed by atoms with E-state index in [0.717, 1.165) is 18.4 Å². The summed E-state index contributed by atoms with van der Waals surface area (Å²) in [5.74, 6) is 0.138. The third-order valence-corrected chi connectivity index (χ3v) is 5.29. The molecule has 1 aliphatic carbocycles. The predicted molar refractivity (Wildman–Crippen MR) is 83.0 cm³/mol. The predicted octanol–water partition coefficient (Wildman–Crippen LogP) is 4.08. The van der Waals surface area contributed by atoms with Gasteiger partial charge in [-0.1, -0.05) is 34.8 Å². The van der Waals surface area contributed by atoms with Crippen LogP contribution in [0.15, 0.2) is 18.2 Å². The van der Waals surface area contributed by atoms with Gasteiger partial charge in [-0.3, -0.25) is 4.79 Å². The summed E-state index contributed by atoms with van der Waals surface area (Å²) in [5, 5.41) is 0.